The number of piperazine rings is 2. The number of amides is 6. The minimum Gasteiger partial charge on any atom is -0.457 e. The maximum absolute atomic E-state index is 14.4. The molecule has 0 radical (unpaired) electrons. The SMILES string of the molecule is CC(C)[C@@H]1CN(C(=O)[C@@H](c2ccc(F)cc2)N(C(=O)CCl)c2ccc(Oc3ccccc3)cc2)CCN1C(=O)OC(C)(C)C.CC(C)[C@@H]1CN(C(=O)[C@H](c2ccc(F)cc2)N(C(=O)CCl)c2ccc(Oc3ccccc3)cc2)CCN1C(=O)OC(C)(C)C. The molecule has 2 fully saturated rings. The third kappa shape index (κ3) is 18.0. The number of ether oxygens (including phenoxy) is 4. The average molecular weight is 1250 g/mol. The van der Waals surface area contributed by atoms with Crippen molar-refractivity contribution in [3.05, 3.63) is 180 Å². The molecule has 0 saturated carbocycles. The highest BCUT2D eigenvalue weighted by atomic mass is 35.5. The zero-order chi connectivity index (χ0) is 64.0. The smallest absolute Gasteiger partial charge is 0.410 e. The Balaban J connectivity index is 0.000000251. The number of halogens is 4. The van der Waals surface area contributed by atoms with Crippen LogP contribution in [0.4, 0.5) is 29.7 Å². The first-order chi connectivity index (χ1) is 41.7. The van der Waals surface area contributed by atoms with Crippen molar-refractivity contribution in [2.75, 3.05) is 60.8 Å². The Bertz CT molecular complexity index is 3080. The van der Waals surface area contributed by atoms with Gasteiger partial charge in [-0.2, -0.15) is 0 Å². The van der Waals surface area contributed by atoms with E-state index in [1.54, 1.807) is 68.1 Å². The number of hydrogen-bond donors (Lipinski definition) is 0. The first kappa shape index (κ1) is 67.3. The molecule has 2 aliphatic heterocycles. The Morgan fingerprint density at radius 3 is 1.06 bits per heavy atom. The van der Waals surface area contributed by atoms with E-state index < -0.39 is 58.9 Å². The fourth-order valence-corrected chi connectivity index (χ4v) is 10.6. The lowest BCUT2D eigenvalue weighted by atomic mass is 9.97. The van der Waals surface area contributed by atoms with E-state index in [1.165, 1.54) is 58.3 Å². The lowest BCUT2D eigenvalue weighted by molar-refractivity contribution is -0.138. The number of para-hydroxylation sites is 2. The van der Waals surface area contributed by atoms with Crippen molar-refractivity contribution in [2.24, 2.45) is 11.8 Å². The molecule has 0 aliphatic carbocycles. The first-order valence-corrected chi connectivity index (χ1v) is 30.3. The summed E-state index contributed by atoms with van der Waals surface area (Å²) in [5.74, 6) is -1.02. The summed E-state index contributed by atoms with van der Waals surface area (Å²) in [7, 11) is 0. The second kappa shape index (κ2) is 30.1. The molecular weight excluding hydrogens is 1170 g/mol. The number of rotatable bonds is 16. The van der Waals surface area contributed by atoms with Crippen LogP contribution in [0.5, 0.6) is 23.0 Å². The van der Waals surface area contributed by atoms with Crippen LogP contribution in [0.2, 0.25) is 0 Å². The van der Waals surface area contributed by atoms with Crippen molar-refractivity contribution in [1.29, 1.82) is 0 Å². The predicted molar refractivity (Wildman–Crippen MR) is 337 cm³/mol. The molecule has 2 aliphatic rings. The number of carbonyl (C=O) groups excluding carboxylic acids is 6. The summed E-state index contributed by atoms with van der Waals surface area (Å²) in [6.45, 7) is 20.2. The summed E-state index contributed by atoms with van der Waals surface area (Å²) in [4.78, 5) is 91.2. The Labute approximate surface area is 524 Å². The van der Waals surface area contributed by atoms with E-state index >= 15 is 0 Å². The Morgan fingerprint density at radius 2 is 0.773 bits per heavy atom. The molecule has 468 valence electrons. The minimum atomic E-state index is -1.14. The molecule has 0 N–H and O–H groups in total. The fraction of sp³-hybridized carbons (Fsp3) is 0.382. The van der Waals surface area contributed by atoms with Crippen molar-refractivity contribution < 1.29 is 56.5 Å². The van der Waals surface area contributed by atoms with Gasteiger partial charge in [0.25, 0.3) is 11.8 Å². The van der Waals surface area contributed by atoms with Crippen LogP contribution < -0.4 is 19.3 Å². The van der Waals surface area contributed by atoms with E-state index in [0.29, 0.717) is 45.5 Å². The van der Waals surface area contributed by atoms with Gasteiger partial charge in [-0.3, -0.25) is 29.0 Å². The van der Waals surface area contributed by atoms with Crippen molar-refractivity contribution in [1.82, 2.24) is 19.6 Å². The van der Waals surface area contributed by atoms with Crippen molar-refractivity contribution >= 4 is 70.4 Å². The third-order valence-corrected chi connectivity index (χ3v) is 15.0. The van der Waals surface area contributed by atoms with Crippen LogP contribution in [0.15, 0.2) is 158 Å². The molecule has 2 heterocycles. The lowest BCUT2D eigenvalue weighted by Gasteiger charge is -2.45. The molecule has 6 aromatic rings. The van der Waals surface area contributed by atoms with Gasteiger partial charge in [0.15, 0.2) is 0 Å². The maximum Gasteiger partial charge on any atom is 0.410 e. The molecule has 0 spiro atoms. The van der Waals surface area contributed by atoms with E-state index in [4.69, 9.17) is 42.1 Å². The molecule has 8 rings (SSSR count). The summed E-state index contributed by atoms with van der Waals surface area (Å²) >= 11 is 12.2. The highest BCUT2D eigenvalue weighted by Gasteiger charge is 2.43. The van der Waals surface area contributed by atoms with Gasteiger partial charge in [0, 0.05) is 50.6 Å². The monoisotopic (exact) mass is 1250 g/mol. The van der Waals surface area contributed by atoms with Crippen LogP contribution in [0.3, 0.4) is 0 Å². The van der Waals surface area contributed by atoms with E-state index in [0.717, 1.165) is 0 Å². The molecule has 2 saturated heterocycles. The highest BCUT2D eigenvalue weighted by molar-refractivity contribution is 6.30. The number of hydrogen-bond acceptors (Lipinski definition) is 10. The molecule has 6 amide bonds. The van der Waals surface area contributed by atoms with Crippen molar-refractivity contribution in [3.63, 3.8) is 0 Å². The first-order valence-electron chi connectivity index (χ1n) is 29.3. The zero-order valence-electron chi connectivity index (χ0n) is 51.4. The van der Waals surface area contributed by atoms with Gasteiger partial charge < -0.3 is 38.5 Å². The molecule has 0 bridgehead atoms. The van der Waals surface area contributed by atoms with Crippen LogP contribution in [0.25, 0.3) is 0 Å². The maximum atomic E-state index is 14.4. The molecular formula is C68H78Cl2F2N6O10. The van der Waals surface area contributed by atoms with Crippen molar-refractivity contribution in [2.45, 2.75) is 105 Å². The number of nitrogens with zero attached hydrogens (tertiary/aromatic N) is 6. The second-order valence-electron chi connectivity index (χ2n) is 24.1. The molecule has 16 nitrogen and oxygen atoms in total. The van der Waals surface area contributed by atoms with Crippen LogP contribution in [0.1, 0.15) is 92.4 Å². The second-order valence-corrected chi connectivity index (χ2v) is 24.6. The zero-order valence-corrected chi connectivity index (χ0v) is 52.9. The molecule has 0 aromatic heterocycles. The van der Waals surface area contributed by atoms with Crippen LogP contribution in [-0.2, 0) is 28.7 Å². The summed E-state index contributed by atoms with van der Waals surface area (Å²) < 4.78 is 51.1. The van der Waals surface area contributed by atoms with E-state index in [2.05, 4.69) is 0 Å². The van der Waals surface area contributed by atoms with Gasteiger partial charge >= 0.3 is 12.2 Å². The summed E-state index contributed by atoms with van der Waals surface area (Å²) in [6.07, 6.45) is -0.870. The van der Waals surface area contributed by atoms with Crippen LogP contribution in [0, 0.1) is 23.5 Å². The van der Waals surface area contributed by atoms with Gasteiger partial charge in [0.05, 0.1) is 12.1 Å². The molecule has 6 aromatic carbocycles. The predicted octanol–water partition coefficient (Wildman–Crippen LogP) is 14.1. The summed E-state index contributed by atoms with van der Waals surface area (Å²) in [6, 6.07) is 40.2. The van der Waals surface area contributed by atoms with Crippen molar-refractivity contribution in [3.8, 4) is 23.0 Å². The normalized spacial score (nSPS) is 16.0. The van der Waals surface area contributed by atoms with E-state index in [9.17, 15) is 37.5 Å². The fourth-order valence-electron chi connectivity index (χ4n) is 10.3. The average Bonchev–Trinajstić information content (AvgIpc) is 2.60. The quantitative estimate of drug-likeness (QED) is 0.0854. The standard InChI is InChI=1S/2C34H39ClFN3O5/c2*1-23(2)29-22-37(19-20-38(29)33(42)44-34(3,4)5)32(41)31(24-11-13-25(36)14-12-24)39(30(40)21-35)26-15-17-28(18-16-26)43-27-9-7-6-8-10-27/h2*6-18,23,29,31H,19-22H2,1-5H3/t29-,31+;29-,31-/m00/s1. The molecule has 4 atom stereocenters. The Morgan fingerprint density at radius 1 is 0.466 bits per heavy atom. The van der Waals surface area contributed by atoms with Gasteiger partial charge in [-0.1, -0.05) is 88.4 Å². The van der Waals surface area contributed by atoms with Gasteiger partial charge in [0.1, 0.15) is 69.7 Å². The Hall–Kier alpha value is -8.22. The third-order valence-electron chi connectivity index (χ3n) is 14.6. The van der Waals surface area contributed by atoms with Gasteiger partial charge in [-0.05, 0) is 162 Å². The number of carbonyl (C=O) groups is 6. The molecule has 88 heavy (non-hydrogen) atoms. The topological polar surface area (TPSA) is 159 Å². The molecule has 0 unspecified atom stereocenters. The van der Waals surface area contributed by atoms with Crippen LogP contribution in [-0.4, -0.2) is 130 Å². The minimum absolute atomic E-state index is 0.0140. The summed E-state index contributed by atoms with van der Waals surface area (Å²) in [5, 5.41) is 0. The highest BCUT2D eigenvalue weighted by Crippen LogP contribution is 2.36. The Kier molecular flexibility index (Phi) is 23.0. The lowest BCUT2D eigenvalue weighted by Crippen LogP contribution is -2.60. The largest absolute Gasteiger partial charge is 0.457 e. The van der Waals surface area contributed by atoms with E-state index in [1.807, 2.05) is 130 Å². The van der Waals surface area contributed by atoms with Gasteiger partial charge in [0.2, 0.25) is 11.8 Å². The van der Waals surface area contributed by atoms with E-state index in [-0.39, 0.29) is 86.8 Å². The number of alkyl halides is 2. The van der Waals surface area contributed by atoms with Crippen LogP contribution >= 0.6 is 23.2 Å². The summed E-state index contributed by atoms with van der Waals surface area (Å²) in [5.41, 5.74) is 0.371. The number of anilines is 2. The number of benzene rings is 6. The van der Waals surface area contributed by atoms with Gasteiger partial charge in [-0.25, -0.2) is 18.4 Å². The molecule has 20 heteroatoms. The van der Waals surface area contributed by atoms with Gasteiger partial charge in [-0.15, -0.1) is 23.2 Å².